The monoisotopic (exact) mass is 286 g/mol. The van der Waals surface area contributed by atoms with E-state index in [0.29, 0.717) is 11.8 Å². The van der Waals surface area contributed by atoms with E-state index in [2.05, 4.69) is 20.5 Å². The van der Waals surface area contributed by atoms with Gasteiger partial charge in [-0.1, -0.05) is 30.3 Å². The first-order chi connectivity index (χ1) is 9.79. The van der Waals surface area contributed by atoms with Gasteiger partial charge in [-0.3, -0.25) is 0 Å². The molecule has 3 rings (SSSR count). The van der Waals surface area contributed by atoms with Crippen LogP contribution >= 0.6 is 11.3 Å². The second-order valence-electron chi connectivity index (χ2n) is 4.34. The maximum Gasteiger partial charge on any atom is 0.259 e. The number of hydrogen-bond donors (Lipinski definition) is 1. The van der Waals surface area contributed by atoms with Crippen LogP contribution in [-0.4, -0.2) is 22.2 Å². The van der Waals surface area contributed by atoms with E-state index in [0.717, 1.165) is 16.1 Å². The van der Waals surface area contributed by atoms with Gasteiger partial charge in [0.05, 0.1) is 11.2 Å². The van der Waals surface area contributed by atoms with Crippen LogP contribution in [0.5, 0.6) is 0 Å². The number of nitrogens with zero attached hydrogens (tertiary/aromatic N) is 3. The van der Waals surface area contributed by atoms with Crippen molar-refractivity contribution in [1.82, 2.24) is 20.5 Å². The summed E-state index contributed by atoms with van der Waals surface area (Å²) in [6.45, 7) is 1.93. The highest BCUT2D eigenvalue weighted by molar-refractivity contribution is 7.13. The molecule has 2 heterocycles. The van der Waals surface area contributed by atoms with Gasteiger partial charge < -0.3 is 9.73 Å². The third-order valence-corrected chi connectivity index (χ3v) is 3.97. The van der Waals surface area contributed by atoms with E-state index in [1.165, 1.54) is 11.3 Å². The van der Waals surface area contributed by atoms with Crippen molar-refractivity contribution >= 4 is 11.3 Å². The molecule has 0 aliphatic heterocycles. The Morgan fingerprint density at radius 2 is 2.00 bits per heavy atom. The Labute approximate surface area is 120 Å². The smallest absolute Gasteiger partial charge is 0.259 e. The minimum Gasteiger partial charge on any atom is -0.418 e. The second-order valence-corrected chi connectivity index (χ2v) is 5.20. The van der Waals surface area contributed by atoms with Gasteiger partial charge in [0.2, 0.25) is 5.89 Å². The number of nitrogens with one attached hydrogen (secondary N) is 1. The number of benzene rings is 1. The summed E-state index contributed by atoms with van der Waals surface area (Å²) in [4.78, 5) is 5.12. The topological polar surface area (TPSA) is 63.8 Å². The molecule has 0 radical (unpaired) electrons. The summed E-state index contributed by atoms with van der Waals surface area (Å²) in [5.74, 6) is 1.08. The molecule has 0 spiro atoms. The highest BCUT2D eigenvalue weighted by Crippen LogP contribution is 2.28. The molecule has 0 aliphatic carbocycles. The lowest BCUT2D eigenvalue weighted by molar-refractivity contribution is 0.456. The van der Waals surface area contributed by atoms with Crippen molar-refractivity contribution in [1.29, 1.82) is 0 Å². The van der Waals surface area contributed by atoms with E-state index >= 15 is 0 Å². The molecule has 3 aromatic rings. The third-order valence-electron chi connectivity index (χ3n) is 3.05. The zero-order valence-corrected chi connectivity index (χ0v) is 12.0. The first kappa shape index (κ1) is 13.0. The van der Waals surface area contributed by atoms with E-state index in [1.54, 1.807) is 5.51 Å². The molecule has 2 aromatic heterocycles. The summed E-state index contributed by atoms with van der Waals surface area (Å²) in [5, 5.41) is 11.5. The number of aryl methyl sites for hydroxylation is 1. The van der Waals surface area contributed by atoms with Crippen LogP contribution in [0.3, 0.4) is 0 Å². The molecule has 5 nitrogen and oxygen atoms in total. The fourth-order valence-corrected chi connectivity index (χ4v) is 2.75. The van der Waals surface area contributed by atoms with E-state index in [4.69, 9.17) is 4.42 Å². The normalized spacial score (nSPS) is 12.5. The van der Waals surface area contributed by atoms with Crippen molar-refractivity contribution in [3.63, 3.8) is 0 Å². The molecule has 1 N–H and O–H groups in total. The minimum absolute atomic E-state index is 0.106. The molecule has 102 valence electrons. The average Bonchev–Trinajstić information content (AvgIpc) is 3.10. The highest BCUT2D eigenvalue weighted by Gasteiger charge is 2.20. The van der Waals surface area contributed by atoms with Crippen molar-refractivity contribution in [2.75, 3.05) is 7.05 Å². The van der Waals surface area contributed by atoms with Crippen LogP contribution in [-0.2, 0) is 0 Å². The molecule has 0 saturated carbocycles. The Balaban J connectivity index is 1.95. The Kier molecular flexibility index (Phi) is 3.58. The molecule has 20 heavy (non-hydrogen) atoms. The van der Waals surface area contributed by atoms with Gasteiger partial charge in [-0.15, -0.1) is 21.5 Å². The lowest BCUT2D eigenvalue weighted by Gasteiger charge is -2.11. The molecule has 0 saturated heterocycles. The maximum absolute atomic E-state index is 5.80. The van der Waals surface area contributed by atoms with Gasteiger partial charge >= 0.3 is 0 Å². The Bertz CT molecular complexity index is 692. The Morgan fingerprint density at radius 1 is 1.20 bits per heavy atom. The van der Waals surface area contributed by atoms with Crippen LogP contribution < -0.4 is 5.32 Å². The molecular weight excluding hydrogens is 272 g/mol. The molecule has 0 aliphatic rings. The fraction of sp³-hybridized carbons (Fsp3) is 0.214. The first-order valence-corrected chi connectivity index (χ1v) is 7.13. The third kappa shape index (κ3) is 2.35. The van der Waals surface area contributed by atoms with Crippen LogP contribution in [0.25, 0.3) is 10.8 Å². The van der Waals surface area contributed by atoms with Crippen molar-refractivity contribution in [3.05, 3.63) is 53.0 Å². The van der Waals surface area contributed by atoms with Crippen LogP contribution in [0.4, 0.5) is 0 Å². The van der Waals surface area contributed by atoms with Crippen LogP contribution in [0, 0.1) is 6.92 Å². The van der Waals surface area contributed by atoms with Gasteiger partial charge in [0.1, 0.15) is 10.9 Å². The van der Waals surface area contributed by atoms with Crippen molar-refractivity contribution in [2.24, 2.45) is 0 Å². The summed E-state index contributed by atoms with van der Waals surface area (Å²) in [5.41, 5.74) is 3.78. The van der Waals surface area contributed by atoms with E-state index < -0.39 is 0 Å². The standard InChI is InChI=1S/C14H14N4OS/c1-9-12(20-8-16-9)14-18-17-13(19-14)11(15-2)10-6-4-3-5-7-10/h3-8,11,15H,1-2H3. The zero-order chi connectivity index (χ0) is 13.9. The van der Waals surface area contributed by atoms with Gasteiger partial charge in [0, 0.05) is 0 Å². The van der Waals surface area contributed by atoms with Gasteiger partial charge in [0.25, 0.3) is 5.89 Å². The molecule has 1 aromatic carbocycles. The van der Waals surface area contributed by atoms with E-state index in [-0.39, 0.29) is 6.04 Å². The molecule has 0 fully saturated rings. The zero-order valence-electron chi connectivity index (χ0n) is 11.2. The van der Waals surface area contributed by atoms with Crippen molar-refractivity contribution in [3.8, 4) is 10.8 Å². The lowest BCUT2D eigenvalue weighted by atomic mass is 10.1. The first-order valence-electron chi connectivity index (χ1n) is 6.25. The summed E-state index contributed by atoms with van der Waals surface area (Å²) in [6.07, 6.45) is 0. The summed E-state index contributed by atoms with van der Waals surface area (Å²) < 4.78 is 5.80. The summed E-state index contributed by atoms with van der Waals surface area (Å²) >= 11 is 1.50. The number of hydrogen-bond acceptors (Lipinski definition) is 6. The van der Waals surface area contributed by atoms with Crippen LogP contribution in [0.2, 0.25) is 0 Å². The van der Waals surface area contributed by atoms with Gasteiger partial charge in [0.15, 0.2) is 0 Å². The van der Waals surface area contributed by atoms with Gasteiger partial charge in [-0.2, -0.15) is 0 Å². The second kappa shape index (κ2) is 5.52. The lowest BCUT2D eigenvalue weighted by Crippen LogP contribution is -2.17. The molecule has 0 bridgehead atoms. The Hall–Kier alpha value is -2.05. The van der Waals surface area contributed by atoms with Gasteiger partial charge in [-0.05, 0) is 19.5 Å². The highest BCUT2D eigenvalue weighted by atomic mass is 32.1. The number of thiazole rings is 1. The van der Waals surface area contributed by atoms with Crippen LogP contribution in [0.15, 0.2) is 40.3 Å². The quantitative estimate of drug-likeness (QED) is 0.799. The molecule has 0 amide bonds. The maximum atomic E-state index is 5.80. The number of rotatable bonds is 4. The van der Waals surface area contributed by atoms with Crippen molar-refractivity contribution in [2.45, 2.75) is 13.0 Å². The van der Waals surface area contributed by atoms with Crippen molar-refractivity contribution < 1.29 is 4.42 Å². The van der Waals surface area contributed by atoms with Crippen LogP contribution in [0.1, 0.15) is 23.2 Å². The largest absolute Gasteiger partial charge is 0.418 e. The van der Waals surface area contributed by atoms with E-state index in [9.17, 15) is 0 Å². The molecule has 1 unspecified atom stereocenters. The summed E-state index contributed by atoms with van der Waals surface area (Å²) in [7, 11) is 1.87. The fourth-order valence-electron chi connectivity index (χ4n) is 2.03. The van der Waals surface area contributed by atoms with Gasteiger partial charge in [-0.25, -0.2) is 4.98 Å². The predicted molar refractivity (Wildman–Crippen MR) is 77.5 cm³/mol. The average molecular weight is 286 g/mol. The SMILES string of the molecule is CNC(c1ccccc1)c1nnc(-c2scnc2C)o1. The molecular formula is C14H14N4OS. The summed E-state index contributed by atoms with van der Waals surface area (Å²) in [6, 6.07) is 9.92. The van der Waals surface area contributed by atoms with E-state index in [1.807, 2.05) is 44.3 Å². The predicted octanol–water partition coefficient (Wildman–Crippen LogP) is 2.81. The number of aromatic nitrogens is 3. The minimum atomic E-state index is -0.106. The molecule has 6 heteroatoms. The Morgan fingerprint density at radius 3 is 2.65 bits per heavy atom. The molecule has 1 atom stereocenters.